The average Bonchev–Trinajstić information content (AvgIpc) is 2.57. The normalized spacial score (nSPS) is 28.7. The summed E-state index contributed by atoms with van der Waals surface area (Å²) in [4.78, 5) is 0. The molecule has 1 saturated carbocycles. The van der Waals surface area contributed by atoms with E-state index in [1.807, 2.05) is 12.4 Å². The number of aromatic nitrogens is 2. The van der Waals surface area contributed by atoms with Gasteiger partial charge in [-0.15, -0.1) is 0 Å². The summed E-state index contributed by atoms with van der Waals surface area (Å²) in [6, 6.07) is 0.654. The number of aromatic amines is 1. The molecule has 72 valence electrons. The van der Waals surface area contributed by atoms with E-state index in [1.54, 1.807) is 0 Å². The molecule has 0 aliphatic heterocycles. The van der Waals surface area contributed by atoms with Gasteiger partial charge in [-0.1, -0.05) is 19.8 Å². The van der Waals surface area contributed by atoms with Crippen LogP contribution in [-0.4, -0.2) is 16.2 Å². The molecule has 13 heavy (non-hydrogen) atoms. The minimum absolute atomic E-state index is 0.654. The lowest BCUT2D eigenvalue weighted by Gasteiger charge is -2.27. The van der Waals surface area contributed by atoms with Gasteiger partial charge in [0, 0.05) is 12.2 Å². The maximum atomic E-state index is 3.92. The molecular weight excluding hydrogens is 162 g/mol. The quantitative estimate of drug-likeness (QED) is 0.732. The van der Waals surface area contributed by atoms with Crippen LogP contribution in [0.4, 0.5) is 5.69 Å². The minimum atomic E-state index is 0.654. The first-order chi connectivity index (χ1) is 6.34. The molecule has 1 fully saturated rings. The summed E-state index contributed by atoms with van der Waals surface area (Å²) in [7, 11) is 0. The van der Waals surface area contributed by atoms with Gasteiger partial charge in [-0.05, 0) is 18.8 Å². The van der Waals surface area contributed by atoms with Crippen LogP contribution < -0.4 is 5.32 Å². The van der Waals surface area contributed by atoms with Crippen molar-refractivity contribution in [1.82, 2.24) is 10.2 Å². The fraction of sp³-hybridized carbons (Fsp3) is 0.700. The Balaban J connectivity index is 1.87. The van der Waals surface area contributed by atoms with Crippen molar-refractivity contribution < 1.29 is 0 Å². The zero-order valence-electron chi connectivity index (χ0n) is 8.09. The highest BCUT2D eigenvalue weighted by atomic mass is 15.1. The Kier molecular flexibility index (Phi) is 2.52. The molecule has 0 amide bonds. The fourth-order valence-corrected chi connectivity index (χ4v) is 2.13. The first-order valence-corrected chi connectivity index (χ1v) is 5.10. The SMILES string of the molecule is CC1CCCC(Nc2cn[nH]c2)C1. The van der Waals surface area contributed by atoms with Gasteiger partial charge < -0.3 is 5.32 Å². The van der Waals surface area contributed by atoms with Crippen LogP contribution in [0.2, 0.25) is 0 Å². The van der Waals surface area contributed by atoms with Crippen LogP contribution in [0.5, 0.6) is 0 Å². The molecule has 3 heteroatoms. The van der Waals surface area contributed by atoms with E-state index in [1.165, 1.54) is 25.7 Å². The largest absolute Gasteiger partial charge is 0.380 e. The van der Waals surface area contributed by atoms with Crippen molar-refractivity contribution in [3.63, 3.8) is 0 Å². The van der Waals surface area contributed by atoms with Gasteiger partial charge in [0.15, 0.2) is 0 Å². The van der Waals surface area contributed by atoms with Crippen LogP contribution in [0.15, 0.2) is 12.4 Å². The summed E-state index contributed by atoms with van der Waals surface area (Å²) in [5.74, 6) is 0.873. The van der Waals surface area contributed by atoms with Crippen molar-refractivity contribution in [3.8, 4) is 0 Å². The summed E-state index contributed by atoms with van der Waals surface area (Å²) < 4.78 is 0. The molecule has 2 rings (SSSR count). The van der Waals surface area contributed by atoms with E-state index in [-0.39, 0.29) is 0 Å². The highest BCUT2D eigenvalue weighted by Gasteiger charge is 2.18. The molecule has 3 nitrogen and oxygen atoms in total. The molecule has 1 aliphatic carbocycles. The third kappa shape index (κ3) is 2.23. The first kappa shape index (κ1) is 8.60. The van der Waals surface area contributed by atoms with Gasteiger partial charge in [-0.2, -0.15) is 5.10 Å². The van der Waals surface area contributed by atoms with Gasteiger partial charge in [0.2, 0.25) is 0 Å². The van der Waals surface area contributed by atoms with E-state index in [0.717, 1.165) is 11.6 Å². The van der Waals surface area contributed by atoms with Crippen LogP contribution in [0, 0.1) is 5.92 Å². The molecule has 0 radical (unpaired) electrons. The van der Waals surface area contributed by atoms with Gasteiger partial charge in [0.1, 0.15) is 0 Å². The second kappa shape index (κ2) is 3.81. The summed E-state index contributed by atoms with van der Waals surface area (Å²) in [5.41, 5.74) is 1.12. The summed E-state index contributed by atoms with van der Waals surface area (Å²) >= 11 is 0. The van der Waals surface area contributed by atoms with Crippen LogP contribution in [0.1, 0.15) is 32.6 Å². The third-order valence-electron chi connectivity index (χ3n) is 2.81. The molecule has 0 spiro atoms. The Hall–Kier alpha value is -0.990. The smallest absolute Gasteiger partial charge is 0.0725 e. The van der Waals surface area contributed by atoms with Crippen molar-refractivity contribution in [2.45, 2.75) is 38.6 Å². The van der Waals surface area contributed by atoms with Crippen LogP contribution in [-0.2, 0) is 0 Å². The van der Waals surface area contributed by atoms with Gasteiger partial charge in [-0.3, -0.25) is 5.10 Å². The molecule has 2 unspecified atom stereocenters. The Morgan fingerprint density at radius 2 is 2.46 bits per heavy atom. The van der Waals surface area contributed by atoms with Crippen molar-refractivity contribution in [2.75, 3.05) is 5.32 Å². The van der Waals surface area contributed by atoms with Crippen LogP contribution >= 0.6 is 0 Å². The predicted molar refractivity (Wildman–Crippen MR) is 53.6 cm³/mol. The van der Waals surface area contributed by atoms with Gasteiger partial charge in [-0.25, -0.2) is 0 Å². The van der Waals surface area contributed by atoms with E-state index >= 15 is 0 Å². The Morgan fingerprint density at radius 1 is 1.54 bits per heavy atom. The minimum Gasteiger partial charge on any atom is -0.380 e. The Bertz CT molecular complexity index is 243. The molecule has 1 aromatic heterocycles. The number of hydrogen-bond acceptors (Lipinski definition) is 2. The summed E-state index contributed by atoms with van der Waals surface area (Å²) in [6.07, 6.45) is 9.11. The average molecular weight is 179 g/mol. The van der Waals surface area contributed by atoms with Crippen LogP contribution in [0.25, 0.3) is 0 Å². The molecular formula is C10H17N3. The number of nitrogens with one attached hydrogen (secondary N) is 2. The lowest BCUT2D eigenvalue weighted by molar-refractivity contribution is 0.358. The van der Waals surface area contributed by atoms with E-state index in [9.17, 15) is 0 Å². The van der Waals surface area contributed by atoms with Crippen molar-refractivity contribution in [3.05, 3.63) is 12.4 Å². The third-order valence-corrected chi connectivity index (χ3v) is 2.81. The first-order valence-electron chi connectivity index (χ1n) is 5.10. The summed E-state index contributed by atoms with van der Waals surface area (Å²) in [6.45, 7) is 2.34. The number of nitrogens with zero attached hydrogens (tertiary/aromatic N) is 1. The molecule has 2 N–H and O–H groups in total. The Labute approximate surface area is 78.9 Å². The van der Waals surface area contributed by atoms with E-state index in [0.29, 0.717) is 6.04 Å². The van der Waals surface area contributed by atoms with E-state index in [4.69, 9.17) is 0 Å². The van der Waals surface area contributed by atoms with E-state index in [2.05, 4.69) is 22.4 Å². The fourth-order valence-electron chi connectivity index (χ4n) is 2.13. The highest BCUT2D eigenvalue weighted by molar-refractivity contribution is 5.38. The van der Waals surface area contributed by atoms with Crippen molar-refractivity contribution >= 4 is 5.69 Å². The topological polar surface area (TPSA) is 40.7 Å². The number of H-pyrrole nitrogens is 1. The number of hydrogen-bond donors (Lipinski definition) is 2. The number of rotatable bonds is 2. The van der Waals surface area contributed by atoms with Crippen LogP contribution in [0.3, 0.4) is 0 Å². The Morgan fingerprint density at radius 3 is 3.15 bits per heavy atom. The second-order valence-corrected chi connectivity index (χ2v) is 4.10. The zero-order valence-corrected chi connectivity index (χ0v) is 8.09. The maximum absolute atomic E-state index is 3.92. The maximum Gasteiger partial charge on any atom is 0.0725 e. The standard InChI is InChI=1S/C10H17N3/c1-8-3-2-4-9(5-8)13-10-6-11-12-7-10/h6-9,13H,2-5H2,1H3,(H,11,12). The second-order valence-electron chi connectivity index (χ2n) is 4.10. The van der Waals surface area contributed by atoms with Gasteiger partial charge in [0.25, 0.3) is 0 Å². The molecule has 1 heterocycles. The summed E-state index contributed by atoms with van der Waals surface area (Å²) in [5, 5.41) is 10.2. The van der Waals surface area contributed by atoms with Gasteiger partial charge >= 0.3 is 0 Å². The van der Waals surface area contributed by atoms with Crippen molar-refractivity contribution in [1.29, 1.82) is 0 Å². The lowest BCUT2D eigenvalue weighted by Crippen LogP contribution is -2.25. The number of anilines is 1. The molecule has 1 aliphatic rings. The molecule has 2 atom stereocenters. The molecule has 0 aromatic carbocycles. The monoisotopic (exact) mass is 179 g/mol. The van der Waals surface area contributed by atoms with Crippen molar-refractivity contribution in [2.24, 2.45) is 5.92 Å². The highest BCUT2D eigenvalue weighted by Crippen LogP contribution is 2.25. The lowest BCUT2D eigenvalue weighted by atomic mass is 9.87. The van der Waals surface area contributed by atoms with Gasteiger partial charge in [0.05, 0.1) is 11.9 Å². The molecule has 0 bridgehead atoms. The molecule has 0 saturated heterocycles. The molecule has 1 aromatic rings. The van der Waals surface area contributed by atoms with E-state index < -0.39 is 0 Å². The zero-order chi connectivity index (χ0) is 9.10. The predicted octanol–water partition coefficient (Wildman–Crippen LogP) is 2.40.